The van der Waals surface area contributed by atoms with Crippen LogP contribution in [0.3, 0.4) is 0 Å². The first-order valence-electron chi connectivity index (χ1n) is 11.5. The predicted octanol–water partition coefficient (Wildman–Crippen LogP) is 1.66. The highest BCUT2D eigenvalue weighted by Gasteiger charge is 2.23. The van der Waals surface area contributed by atoms with Crippen molar-refractivity contribution in [2.75, 3.05) is 11.4 Å². The molecule has 0 bridgehead atoms. The summed E-state index contributed by atoms with van der Waals surface area (Å²) in [6, 6.07) is 19.4. The van der Waals surface area contributed by atoms with Crippen LogP contribution in [-0.2, 0) is 16.1 Å². The minimum atomic E-state index is -1.26. The van der Waals surface area contributed by atoms with Crippen LogP contribution in [0.4, 0.5) is 11.4 Å². The number of carboxylic acid groups (broad SMARTS) is 1. The van der Waals surface area contributed by atoms with E-state index in [4.69, 9.17) is 11.1 Å². The smallest absolute Gasteiger partial charge is 0.326 e. The number of hydrogen-bond donors (Lipinski definition) is 5. The van der Waals surface area contributed by atoms with Gasteiger partial charge in [-0.15, -0.1) is 0 Å². The van der Waals surface area contributed by atoms with Crippen molar-refractivity contribution < 1.29 is 19.5 Å². The topological polar surface area (TPSA) is 171 Å². The van der Waals surface area contributed by atoms with Gasteiger partial charge in [0.25, 0.3) is 17.4 Å². The lowest BCUT2D eigenvalue weighted by molar-refractivity contribution is -0.139. The summed E-state index contributed by atoms with van der Waals surface area (Å²) in [7, 11) is 0. The Labute approximate surface area is 213 Å². The van der Waals surface area contributed by atoms with E-state index in [1.54, 1.807) is 48.5 Å². The number of pyridine rings is 1. The molecule has 1 heterocycles. The van der Waals surface area contributed by atoms with E-state index in [1.165, 1.54) is 23.2 Å². The van der Waals surface area contributed by atoms with Gasteiger partial charge >= 0.3 is 5.97 Å². The van der Waals surface area contributed by atoms with Gasteiger partial charge in [0.15, 0.2) is 5.96 Å². The van der Waals surface area contributed by atoms with E-state index in [2.05, 4.69) is 10.6 Å². The first-order chi connectivity index (χ1) is 17.8. The van der Waals surface area contributed by atoms with Gasteiger partial charge in [0, 0.05) is 24.1 Å². The van der Waals surface area contributed by atoms with Gasteiger partial charge in [-0.3, -0.25) is 24.7 Å². The molecule has 0 unspecified atom stereocenters. The van der Waals surface area contributed by atoms with Crippen molar-refractivity contribution in [2.45, 2.75) is 25.4 Å². The number of carbonyl (C=O) groups excluding carboxylic acids is 2. The second-order valence-electron chi connectivity index (χ2n) is 8.10. The number of benzene rings is 2. The summed E-state index contributed by atoms with van der Waals surface area (Å²) < 4.78 is 1.11. The molecule has 192 valence electrons. The third-order valence-electron chi connectivity index (χ3n) is 5.44. The third-order valence-corrected chi connectivity index (χ3v) is 5.44. The van der Waals surface area contributed by atoms with Crippen LogP contribution in [0.2, 0.25) is 0 Å². The lowest BCUT2D eigenvalue weighted by atomic mass is 10.1. The molecular formula is C26H28N6O5. The molecule has 0 radical (unpaired) electrons. The number of rotatable bonds is 11. The fraction of sp³-hybridized carbons (Fsp3) is 0.192. The van der Waals surface area contributed by atoms with Crippen LogP contribution >= 0.6 is 0 Å². The maximum Gasteiger partial charge on any atom is 0.326 e. The standard InChI is InChI=1S/C26H28N6O5/c27-26(28)29-15-7-14-21(25(36)37)30-23(34)20-13-8-16-31(24(20)35)17-22(33)32(18-9-3-1-4-10-18)19-11-5-2-6-12-19/h1-6,8-13,16,21H,7,14-15,17H2,(H,30,34)(H,36,37)(H4,27,28,29)/t21-/m0/s1. The molecule has 37 heavy (non-hydrogen) atoms. The molecular weight excluding hydrogens is 476 g/mol. The van der Waals surface area contributed by atoms with Crippen molar-refractivity contribution in [3.63, 3.8) is 0 Å². The molecule has 11 heteroatoms. The first-order valence-corrected chi connectivity index (χ1v) is 11.5. The van der Waals surface area contributed by atoms with Crippen LogP contribution in [-0.4, -0.2) is 46.0 Å². The van der Waals surface area contributed by atoms with Crippen LogP contribution in [0.5, 0.6) is 0 Å². The van der Waals surface area contributed by atoms with E-state index in [0.29, 0.717) is 17.8 Å². The van der Waals surface area contributed by atoms with Gasteiger partial charge in [0.05, 0.1) is 0 Å². The lowest BCUT2D eigenvalue weighted by Gasteiger charge is -2.23. The average Bonchev–Trinajstić information content (AvgIpc) is 2.88. The molecule has 2 amide bonds. The van der Waals surface area contributed by atoms with E-state index in [0.717, 1.165) is 4.57 Å². The number of nitrogens with one attached hydrogen (secondary N) is 3. The molecule has 11 nitrogen and oxygen atoms in total. The second-order valence-corrected chi connectivity index (χ2v) is 8.10. The Morgan fingerprint density at radius 2 is 1.57 bits per heavy atom. The van der Waals surface area contributed by atoms with Crippen molar-refractivity contribution in [1.82, 2.24) is 15.2 Å². The fourth-order valence-electron chi connectivity index (χ4n) is 3.66. The maximum atomic E-state index is 13.4. The Hall–Kier alpha value is -4.93. The van der Waals surface area contributed by atoms with Gasteiger partial charge in [-0.25, -0.2) is 4.79 Å². The minimum absolute atomic E-state index is 0.0595. The predicted molar refractivity (Wildman–Crippen MR) is 139 cm³/mol. The number of nitrogens with two attached hydrogens (primary N) is 1. The van der Waals surface area contributed by atoms with Crippen molar-refractivity contribution in [3.05, 3.63) is 94.9 Å². The van der Waals surface area contributed by atoms with E-state index >= 15 is 0 Å². The number of carbonyl (C=O) groups is 3. The first kappa shape index (κ1) is 26.7. The van der Waals surface area contributed by atoms with Crippen LogP contribution in [0.15, 0.2) is 83.8 Å². The molecule has 0 saturated heterocycles. The second kappa shape index (κ2) is 12.7. The van der Waals surface area contributed by atoms with Crippen LogP contribution in [0, 0.1) is 5.41 Å². The third kappa shape index (κ3) is 7.28. The van der Waals surface area contributed by atoms with Crippen molar-refractivity contribution in [3.8, 4) is 0 Å². The minimum Gasteiger partial charge on any atom is -0.480 e. The van der Waals surface area contributed by atoms with Crippen LogP contribution in [0.1, 0.15) is 23.2 Å². The SMILES string of the molecule is N=C(N)NCCC[C@H](NC(=O)c1cccn(CC(=O)N(c2ccccc2)c2ccccc2)c1=O)C(=O)O. The Morgan fingerprint density at radius 1 is 0.973 bits per heavy atom. The maximum absolute atomic E-state index is 13.4. The summed E-state index contributed by atoms with van der Waals surface area (Å²) in [4.78, 5) is 52.3. The quantitative estimate of drug-likeness (QED) is 0.150. The summed E-state index contributed by atoms with van der Waals surface area (Å²) in [5, 5.41) is 21.5. The summed E-state index contributed by atoms with van der Waals surface area (Å²) >= 11 is 0. The Balaban J connectivity index is 1.78. The molecule has 0 fully saturated rings. The summed E-state index contributed by atoms with van der Waals surface area (Å²) in [6.07, 6.45) is 1.77. The van der Waals surface area contributed by atoms with Gasteiger partial charge in [-0.2, -0.15) is 0 Å². The van der Waals surface area contributed by atoms with Crippen molar-refractivity contribution >= 4 is 35.1 Å². The Bertz CT molecular complexity index is 1270. The highest BCUT2D eigenvalue weighted by atomic mass is 16.4. The van der Waals surface area contributed by atoms with E-state index < -0.39 is 29.4 Å². The molecule has 3 aromatic rings. The van der Waals surface area contributed by atoms with Crippen molar-refractivity contribution in [1.29, 1.82) is 5.41 Å². The van der Waals surface area contributed by atoms with Gasteiger partial charge in [0.1, 0.15) is 18.2 Å². The van der Waals surface area contributed by atoms with Gasteiger partial charge in [-0.1, -0.05) is 36.4 Å². The Kier molecular flexibility index (Phi) is 9.14. The largest absolute Gasteiger partial charge is 0.480 e. The fourth-order valence-corrected chi connectivity index (χ4v) is 3.66. The monoisotopic (exact) mass is 504 g/mol. The molecule has 1 atom stereocenters. The molecule has 0 spiro atoms. The van der Waals surface area contributed by atoms with Crippen LogP contribution in [0.25, 0.3) is 0 Å². The zero-order valence-corrected chi connectivity index (χ0v) is 20.0. The number of nitrogens with zero attached hydrogens (tertiary/aromatic N) is 2. The van der Waals surface area contributed by atoms with Crippen LogP contribution < -0.4 is 26.8 Å². The number of para-hydroxylation sites is 2. The highest BCUT2D eigenvalue weighted by Crippen LogP contribution is 2.25. The molecule has 3 rings (SSSR count). The van der Waals surface area contributed by atoms with E-state index in [1.807, 2.05) is 12.1 Å². The normalized spacial score (nSPS) is 11.2. The molecule has 0 aliphatic heterocycles. The molecule has 1 aromatic heterocycles. The molecule has 2 aromatic carbocycles. The lowest BCUT2D eigenvalue weighted by Crippen LogP contribution is -2.44. The number of guanidine groups is 1. The van der Waals surface area contributed by atoms with E-state index in [-0.39, 0.29) is 31.0 Å². The Morgan fingerprint density at radius 3 is 2.11 bits per heavy atom. The number of carboxylic acids is 1. The van der Waals surface area contributed by atoms with Crippen molar-refractivity contribution in [2.24, 2.45) is 5.73 Å². The molecule has 0 aliphatic carbocycles. The summed E-state index contributed by atoms with van der Waals surface area (Å²) in [5.41, 5.74) is 5.42. The molecule has 6 N–H and O–H groups in total. The number of anilines is 2. The van der Waals surface area contributed by atoms with E-state index in [9.17, 15) is 24.3 Å². The molecule has 0 aliphatic rings. The highest BCUT2D eigenvalue weighted by molar-refractivity contribution is 6.00. The average molecular weight is 505 g/mol. The summed E-state index contributed by atoms with van der Waals surface area (Å²) in [5.74, 6) is -2.77. The number of amides is 2. The van der Waals surface area contributed by atoms with Gasteiger partial charge < -0.3 is 26.0 Å². The van der Waals surface area contributed by atoms with Gasteiger partial charge in [-0.05, 0) is 49.2 Å². The number of aromatic nitrogens is 1. The zero-order valence-electron chi connectivity index (χ0n) is 20.0. The summed E-state index contributed by atoms with van der Waals surface area (Å²) in [6.45, 7) is -0.0859. The zero-order chi connectivity index (χ0) is 26.8. The molecule has 0 saturated carbocycles. The number of aliphatic carboxylic acids is 1. The number of hydrogen-bond acceptors (Lipinski definition) is 5. The van der Waals surface area contributed by atoms with Gasteiger partial charge in [0.2, 0.25) is 0 Å².